The van der Waals surface area contributed by atoms with Crippen LogP contribution in [0.2, 0.25) is 0 Å². The number of carboxylic acid groups (broad SMARTS) is 1. The van der Waals surface area contributed by atoms with Crippen LogP contribution in [0, 0.1) is 0 Å². The van der Waals surface area contributed by atoms with Gasteiger partial charge in [-0.1, -0.05) is 0 Å². The first-order chi connectivity index (χ1) is 8.92. The van der Waals surface area contributed by atoms with Crippen LogP contribution in [0.3, 0.4) is 0 Å². The highest BCUT2D eigenvalue weighted by atomic mass is 32.2. The fraction of sp³-hybridized carbons (Fsp3) is 0.200. The molecule has 0 saturated heterocycles. The molecular weight excluding hydrogens is 292 g/mol. The lowest BCUT2D eigenvalue weighted by Crippen LogP contribution is -2.27. The fourth-order valence-corrected chi connectivity index (χ4v) is 3.82. The maximum absolute atomic E-state index is 12.1. The van der Waals surface area contributed by atoms with Crippen molar-refractivity contribution >= 4 is 27.3 Å². The molecule has 2 heterocycles. The number of nitrogens with zero attached hydrogens (tertiary/aromatic N) is 1. The minimum absolute atomic E-state index is 0.321. The predicted molar refractivity (Wildman–Crippen MR) is 66.5 cm³/mol. The number of furan rings is 1. The third kappa shape index (κ3) is 2.83. The second kappa shape index (κ2) is 5.11. The molecule has 0 bridgehead atoms. The molecule has 0 radical (unpaired) electrons. The summed E-state index contributed by atoms with van der Waals surface area (Å²) in [4.78, 5) is 14.4. The Kier molecular flexibility index (Phi) is 3.69. The van der Waals surface area contributed by atoms with Gasteiger partial charge in [-0.25, -0.2) is 18.2 Å². The van der Waals surface area contributed by atoms with Crippen LogP contribution in [0.1, 0.15) is 29.2 Å². The molecule has 0 fully saturated rings. The maximum atomic E-state index is 12.1. The minimum Gasteiger partial charge on any atom is -0.476 e. The number of sulfonamides is 1. The molecule has 102 valence electrons. The van der Waals surface area contributed by atoms with Crippen molar-refractivity contribution in [2.75, 3.05) is 0 Å². The van der Waals surface area contributed by atoms with E-state index in [2.05, 4.69) is 9.71 Å². The first-order valence-corrected chi connectivity index (χ1v) is 7.50. The summed E-state index contributed by atoms with van der Waals surface area (Å²) in [5.41, 5.74) is 0.694. The number of thiazole rings is 1. The van der Waals surface area contributed by atoms with Gasteiger partial charge in [0, 0.05) is 0 Å². The summed E-state index contributed by atoms with van der Waals surface area (Å²) in [7, 11) is -3.95. The molecule has 7 nitrogen and oxygen atoms in total. The quantitative estimate of drug-likeness (QED) is 0.865. The molecule has 0 aliphatic carbocycles. The Hall–Kier alpha value is -1.71. The summed E-state index contributed by atoms with van der Waals surface area (Å²) >= 11 is 0.751. The molecule has 0 saturated carbocycles. The SMILES string of the molecule is CC(NS(=O)(=O)c1scnc1C(=O)O)c1ccco1. The van der Waals surface area contributed by atoms with Gasteiger partial charge in [0.05, 0.1) is 17.8 Å². The van der Waals surface area contributed by atoms with Gasteiger partial charge in [0.1, 0.15) is 5.76 Å². The Morgan fingerprint density at radius 1 is 1.58 bits per heavy atom. The van der Waals surface area contributed by atoms with E-state index in [4.69, 9.17) is 9.52 Å². The number of rotatable bonds is 5. The standard InChI is InChI=1S/C10H10N2O5S2/c1-6(7-3-2-4-17-7)12-19(15,16)10-8(9(13)14)11-5-18-10/h2-6,12H,1H3,(H,13,14). The van der Waals surface area contributed by atoms with E-state index >= 15 is 0 Å². The molecule has 2 rings (SSSR count). The summed E-state index contributed by atoms with van der Waals surface area (Å²) in [6, 6.07) is 2.65. The number of carbonyl (C=O) groups is 1. The highest BCUT2D eigenvalue weighted by Gasteiger charge is 2.27. The highest BCUT2D eigenvalue weighted by molar-refractivity contribution is 7.91. The van der Waals surface area contributed by atoms with E-state index in [0.717, 1.165) is 11.3 Å². The van der Waals surface area contributed by atoms with Crippen LogP contribution in [-0.2, 0) is 10.0 Å². The Bertz CT molecular complexity index is 675. The second-order valence-electron chi connectivity index (χ2n) is 3.65. The van der Waals surface area contributed by atoms with Gasteiger partial charge < -0.3 is 9.52 Å². The van der Waals surface area contributed by atoms with Gasteiger partial charge in [0.25, 0.3) is 10.0 Å². The third-order valence-corrected chi connectivity index (χ3v) is 5.19. The zero-order valence-electron chi connectivity index (χ0n) is 9.73. The van der Waals surface area contributed by atoms with Gasteiger partial charge in [-0.2, -0.15) is 4.72 Å². The number of hydrogen-bond donors (Lipinski definition) is 2. The number of carboxylic acids is 1. The van der Waals surface area contributed by atoms with Gasteiger partial charge >= 0.3 is 5.97 Å². The van der Waals surface area contributed by atoms with Gasteiger partial charge in [-0.3, -0.25) is 0 Å². The van der Waals surface area contributed by atoms with E-state index in [1.54, 1.807) is 19.1 Å². The fourth-order valence-electron chi connectivity index (χ4n) is 1.45. The van der Waals surface area contributed by atoms with Crippen molar-refractivity contribution in [1.29, 1.82) is 0 Å². The van der Waals surface area contributed by atoms with Crippen LogP contribution in [-0.4, -0.2) is 24.5 Å². The van der Waals surface area contributed by atoms with Crippen LogP contribution < -0.4 is 4.72 Å². The van der Waals surface area contributed by atoms with Crippen LogP contribution in [0.25, 0.3) is 0 Å². The van der Waals surface area contributed by atoms with E-state index in [1.807, 2.05) is 0 Å². The summed E-state index contributed by atoms with van der Waals surface area (Å²) in [5, 5.41) is 8.87. The Balaban J connectivity index is 2.28. The van der Waals surface area contributed by atoms with Crippen molar-refractivity contribution in [3.05, 3.63) is 35.4 Å². The average Bonchev–Trinajstić information content (AvgIpc) is 3.00. The molecule has 1 unspecified atom stereocenters. The van der Waals surface area contributed by atoms with Gasteiger partial charge in [-0.15, -0.1) is 11.3 Å². The highest BCUT2D eigenvalue weighted by Crippen LogP contribution is 2.23. The average molecular weight is 302 g/mol. The minimum atomic E-state index is -3.95. The van der Waals surface area contributed by atoms with Gasteiger partial charge in [0.15, 0.2) is 9.90 Å². The van der Waals surface area contributed by atoms with Crippen molar-refractivity contribution in [2.24, 2.45) is 0 Å². The molecule has 0 amide bonds. The van der Waals surface area contributed by atoms with Gasteiger partial charge in [0.2, 0.25) is 0 Å². The smallest absolute Gasteiger partial charge is 0.356 e. The molecule has 0 aliphatic heterocycles. The molecule has 0 aliphatic rings. The number of nitrogens with one attached hydrogen (secondary N) is 1. The summed E-state index contributed by atoms with van der Waals surface area (Å²) < 4.78 is 31.3. The zero-order chi connectivity index (χ0) is 14.0. The van der Waals surface area contributed by atoms with E-state index in [0.29, 0.717) is 5.76 Å². The Morgan fingerprint density at radius 2 is 2.32 bits per heavy atom. The van der Waals surface area contributed by atoms with E-state index in [-0.39, 0.29) is 4.21 Å². The molecule has 2 aromatic heterocycles. The first-order valence-electron chi connectivity index (χ1n) is 5.14. The lowest BCUT2D eigenvalue weighted by molar-refractivity contribution is 0.0687. The normalized spacial score (nSPS) is 13.3. The molecule has 0 spiro atoms. The van der Waals surface area contributed by atoms with E-state index in [1.165, 1.54) is 11.8 Å². The van der Waals surface area contributed by atoms with Gasteiger partial charge in [-0.05, 0) is 19.1 Å². The van der Waals surface area contributed by atoms with Crippen LogP contribution in [0.4, 0.5) is 0 Å². The van der Waals surface area contributed by atoms with E-state index in [9.17, 15) is 13.2 Å². The Morgan fingerprint density at radius 3 is 2.89 bits per heavy atom. The molecule has 19 heavy (non-hydrogen) atoms. The lowest BCUT2D eigenvalue weighted by Gasteiger charge is -2.10. The van der Waals surface area contributed by atoms with Crippen LogP contribution in [0.15, 0.2) is 32.5 Å². The Labute approximate surface area is 113 Å². The molecule has 9 heteroatoms. The summed E-state index contributed by atoms with van der Waals surface area (Å²) in [6.07, 6.45) is 1.43. The van der Waals surface area contributed by atoms with Crippen molar-refractivity contribution in [1.82, 2.24) is 9.71 Å². The number of aromatic nitrogens is 1. The predicted octanol–water partition coefficient (Wildman–Crippen LogP) is 1.47. The third-order valence-electron chi connectivity index (χ3n) is 2.28. The first kappa shape index (κ1) is 13.7. The molecule has 2 aromatic rings. The summed E-state index contributed by atoms with van der Waals surface area (Å²) in [5.74, 6) is -0.947. The van der Waals surface area contributed by atoms with Crippen molar-refractivity contribution in [3.63, 3.8) is 0 Å². The molecule has 2 N–H and O–H groups in total. The van der Waals surface area contributed by atoms with Crippen molar-refractivity contribution < 1.29 is 22.7 Å². The van der Waals surface area contributed by atoms with Crippen molar-refractivity contribution in [3.8, 4) is 0 Å². The molecule has 1 atom stereocenters. The summed E-state index contributed by atoms with van der Waals surface area (Å²) in [6.45, 7) is 1.60. The molecule has 0 aromatic carbocycles. The van der Waals surface area contributed by atoms with Crippen LogP contribution >= 0.6 is 11.3 Å². The maximum Gasteiger partial charge on any atom is 0.356 e. The second-order valence-corrected chi connectivity index (χ2v) is 6.42. The largest absolute Gasteiger partial charge is 0.476 e. The molecular formula is C10H10N2O5S2. The monoisotopic (exact) mass is 302 g/mol. The topological polar surface area (TPSA) is 110 Å². The zero-order valence-corrected chi connectivity index (χ0v) is 11.4. The lowest BCUT2D eigenvalue weighted by atomic mass is 10.3. The van der Waals surface area contributed by atoms with Crippen LogP contribution in [0.5, 0.6) is 0 Å². The number of aromatic carboxylic acids is 1. The van der Waals surface area contributed by atoms with E-state index < -0.39 is 27.7 Å². The number of hydrogen-bond acceptors (Lipinski definition) is 6. The van der Waals surface area contributed by atoms with Crippen molar-refractivity contribution in [2.45, 2.75) is 17.2 Å².